The van der Waals surface area contributed by atoms with Crippen molar-refractivity contribution in [3.05, 3.63) is 70.3 Å². The van der Waals surface area contributed by atoms with E-state index in [0.717, 1.165) is 37.8 Å². The lowest BCUT2D eigenvalue weighted by molar-refractivity contribution is -0.139. The van der Waals surface area contributed by atoms with Gasteiger partial charge in [-0.15, -0.1) is 0 Å². The van der Waals surface area contributed by atoms with Crippen molar-refractivity contribution in [3.8, 4) is 5.75 Å². The number of allylic oxidation sites excluding steroid dienone is 1. The van der Waals surface area contributed by atoms with Gasteiger partial charge in [0.1, 0.15) is 5.75 Å². The Bertz CT molecular complexity index is 1730. The average molecular weight is 712 g/mol. The van der Waals surface area contributed by atoms with Gasteiger partial charge in [-0.2, -0.15) is 0 Å². The predicted molar refractivity (Wildman–Crippen MR) is 193 cm³/mol. The van der Waals surface area contributed by atoms with Gasteiger partial charge in [0.2, 0.25) is 15.9 Å². The Balaban J connectivity index is 1.44. The largest absolute Gasteiger partial charge is 0.490 e. The number of sulfonamides is 1. The maximum atomic E-state index is 13.5. The first kappa shape index (κ1) is 35.7. The lowest BCUT2D eigenvalue weighted by atomic mass is 9.63. The number of hydrogen-bond acceptors (Lipinski definition) is 7. The van der Waals surface area contributed by atoms with E-state index in [4.69, 9.17) is 16.3 Å². The van der Waals surface area contributed by atoms with Crippen molar-refractivity contribution in [1.29, 1.82) is 0 Å². The quantitative estimate of drug-likeness (QED) is 0.381. The van der Waals surface area contributed by atoms with Crippen LogP contribution in [0.3, 0.4) is 0 Å². The van der Waals surface area contributed by atoms with Crippen LogP contribution in [0.1, 0.15) is 87.7 Å². The minimum Gasteiger partial charge on any atom is -0.490 e. The molecule has 1 fully saturated rings. The Morgan fingerprint density at radius 1 is 1.14 bits per heavy atom. The molecule has 9 nitrogen and oxygen atoms in total. The number of aliphatic hydroxyl groups is 1. The maximum absolute atomic E-state index is 13.5. The standard InChI is InChI=1S/C38H50ClN3O6S/c1-5-41(6-2)35(43)21-38(45)18-7-9-25(3)26(4)49(46,47)40-36(44)28-12-16-34-33(20-28)42(22-29-11-14-32(29)38)23-37(24-48-34)17-8-10-27-19-30(39)13-15-31(27)37/h7,12-13,15-16,18-20,25-26,29,32,45H,5-6,8-11,14,17,21-24H2,1-4H3,(H,40,44)/b18-7-/t25-,26+,29-,32+,37-,38+/m0/s1. The molecule has 2 amide bonds. The van der Waals surface area contributed by atoms with Crippen LogP contribution in [-0.2, 0) is 26.7 Å². The molecule has 0 radical (unpaired) electrons. The van der Waals surface area contributed by atoms with Gasteiger partial charge in [0.25, 0.3) is 5.91 Å². The number of ether oxygens (including phenoxy) is 1. The van der Waals surface area contributed by atoms with Gasteiger partial charge in [0.05, 0.1) is 29.6 Å². The van der Waals surface area contributed by atoms with Gasteiger partial charge in [0, 0.05) is 42.2 Å². The first-order valence-electron chi connectivity index (χ1n) is 17.8. The number of anilines is 1. The van der Waals surface area contributed by atoms with Gasteiger partial charge in [-0.25, -0.2) is 13.1 Å². The van der Waals surface area contributed by atoms with Crippen molar-refractivity contribution < 1.29 is 27.9 Å². The summed E-state index contributed by atoms with van der Waals surface area (Å²) in [6.07, 6.45) is 8.39. The molecule has 0 aromatic heterocycles. The molecule has 2 aliphatic heterocycles. The highest BCUT2D eigenvalue weighted by molar-refractivity contribution is 7.90. The van der Waals surface area contributed by atoms with E-state index in [1.807, 2.05) is 32.9 Å². The first-order valence-corrected chi connectivity index (χ1v) is 19.8. The second-order valence-electron chi connectivity index (χ2n) is 14.8. The third-order valence-electron chi connectivity index (χ3n) is 11.8. The van der Waals surface area contributed by atoms with E-state index in [9.17, 15) is 23.1 Å². The fraction of sp³-hybridized carbons (Fsp3) is 0.579. The van der Waals surface area contributed by atoms with Crippen molar-refractivity contribution in [2.45, 2.75) is 88.9 Å². The molecule has 2 N–H and O–H groups in total. The van der Waals surface area contributed by atoms with E-state index in [1.165, 1.54) is 11.1 Å². The molecule has 6 atom stereocenters. The molecule has 6 rings (SSSR count). The van der Waals surface area contributed by atoms with E-state index in [1.54, 1.807) is 36.1 Å². The van der Waals surface area contributed by atoms with Crippen molar-refractivity contribution in [1.82, 2.24) is 9.62 Å². The number of aryl methyl sites for hydroxylation is 1. The fourth-order valence-corrected chi connectivity index (χ4v) is 9.97. The molecule has 266 valence electrons. The molecular formula is C38H50ClN3O6S. The number of halogens is 1. The lowest BCUT2D eigenvalue weighted by Crippen LogP contribution is -2.53. The summed E-state index contributed by atoms with van der Waals surface area (Å²) in [7, 11) is -4.02. The molecule has 1 saturated carbocycles. The second kappa shape index (κ2) is 13.9. The molecular weight excluding hydrogens is 662 g/mol. The van der Waals surface area contributed by atoms with Crippen molar-refractivity contribution >= 4 is 39.1 Å². The molecule has 2 bridgehead atoms. The molecule has 49 heavy (non-hydrogen) atoms. The number of carbonyl (C=O) groups excluding carboxylic acids is 2. The van der Waals surface area contributed by atoms with E-state index < -0.39 is 26.8 Å². The van der Waals surface area contributed by atoms with Crippen LogP contribution in [0.15, 0.2) is 48.6 Å². The Morgan fingerprint density at radius 3 is 2.63 bits per heavy atom. The molecule has 2 aromatic carbocycles. The molecule has 1 spiro atoms. The van der Waals surface area contributed by atoms with Crippen LogP contribution < -0.4 is 14.4 Å². The van der Waals surface area contributed by atoms with Crippen LogP contribution in [-0.4, -0.2) is 73.9 Å². The van der Waals surface area contributed by atoms with E-state index in [-0.39, 0.29) is 41.1 Å². The molecule has 2 aliphatic carbocycles. The number of nitrogens with one attached hydrogen (secondary N) is 1. The summed E-state index contributed by atoms with van der Waals surface area (Å²) < 4.78 is 35.8. The van der Waals surface area contributed by atoms with Crippen LogP contribution in [0.4, 0.5) is 5.69 Å². The summed E-state index contributed by atoms with van der Waals surface area (Å²) in [5, 5.41) is 12.3. The van der Waals surface area contributed by atoms with Crippen molar-refractivity contribution in [2.75, 3.05) is 37.7 Å². The summed E-state index contributed by atoms with van der Waals surface area (Å²) in [4.78, 5) is 31.0. The summed E-state index contributed by atoms with van der Waals surface area (Å²) in [6, 6.07) is 11.2. The van der Waals surface area contributed by atoms with Crippen LogP contribution in [0, 0.1) is 17.8 Å². The summed E-state index contributed by atoms with van der Waals surface area (Å²) >= 11 is 6.44. The van der Waals surface area contributed by atoms with Crippen LogP contribution >= 0.6 is 11.6 Å². The van der Waals surface area contributed by atoms with Gasteiger partial charge in [0.15, 0.2) is 0 Å². The van der Waals surface area contributed by atoms with Gasteiger partial charge < -0.3 is 19.6 Å². The van der Waals surface area contributed by atoms with Crippen molar-refractivity contribution in [3.63, 3.8) is 0 Å². The number of nitrogens with zero attached hydrogens (tertiary/aromatic N) is 2. The maximum Gasteiger partial charge on any atom is 0.264 e. The minimum absolute atomic E-state index is 0.0352. The molecule has 2 heterocycles. The zero-order valence-corrected chi connectivity index (χ0v) is 30.7. The first-order chi connectivity index (χ1) is 23.3. The van der Waals surface area contributed by atoms with Crippen LogP contribution in [0.5, 0.6) is 5.75 Å². The Kier molecular flexibility index (Phi) is 10.1. The number of hydrogen-bond donors (Lipinski definition) is 2. The van der Waals surface area contributed by atoms with Crippen LogP contribution in [0.25, 0.3) is 0 Å². The summed E-state index contributed by atoms with van der Waals surface area (Å²) in [5.41, 5.74) is 1.65. The molecule has 11 heteroatoms. The molecule has 4 aliphatic rings. The normalized spacial score (nSPS) is 31.6. The van der Waals surface area contributed by atoms with E-state index in [2.05, 4.69) is 21.8 Å². The summed E-state index contributed by atoms with van der Waals surface area (Å²) in [5.74, 6) is -0.610. The highest BCUT2D eigenvalue weighted by Crippen LogP contribution is 2.49. The molecule has 2 aromatic rings. The van der Waals surface area contributed by atoms with Gasteiger partial charge >= 0.3 is 0 Å². The third-order valence-corrected chi connectivity index (χ3v) is 14.0. The second-order valence-corrected chi connectivity index (χ2v) is 17.2. The average Bonchev–Trinajstić information content (AvgIpc) is 3.19. The monoisotopic (exact) mass is 711 g/mol. The van der Waals surface area contributed by atoms with Crippen molar-refractivity contribution in [2.24, 2.45) is 17.8 Å². The highest BCUT2D eigenvalue weighted by atomic mass is 35.5. The Hall–Kier alpha value is -3.08. The van der Waals surface area contributed by atoms with Crippen LogP contribution in [0.2, 0.25) is 5.02 Å². The zero-order valence-electron chi connectivity index (χ0n) is 29.1. The van der Waals surface area contributed by atoms with Gasteiger partial charge in [-0.05, 0) is 119 Å². The number of carbonyl (C=O) groups is 2. The Morgan fingerprint density at radius 2 is 1.92 bits per heavy atom. The molecule has 0 saturated heterocycles. The topological polar surface area (TPSA) is 116 Å². The predicted octanol–water partition coefficient (Wildman–Crippen LogP) is 5.87. The smallest absolute Gasteiger partial charge is 0.264 e. The SMILES string of the molecule is CCN(CC)C(=O)C[C@]1(O)/C=C\C[C@H](C)[C@@H](C)S(=O)(=O)NC(=O)c2ccc3c(c2)N(C[C@@H]2CC[C@H]21)C[C@@]1(CCCc2cc(Cl)ccc21)CO3. The zero-order chi connectivity index (χ0) is 35.1. The number of amides is 2. The number of rotatable bonds is 4. The van der Waals surface area contributed by atoms with Gasteiger partial charge in [-0.1, -0.05) is 36.7 Å². The fourth-order valence-electron chi connectivity index (χ4n) is 8.49. The van der Waals surface area contributed by atoms with E-state index in [0.29, 0.717) is 50.0 Å². The number of benzene rings is 2. The third kappa shape index (κ3) is 6.97. The van der Waals surface area contributed by atoms with E-state index >= 15 is 0 Å². The minimum atomic E-state index is -4.02. The highest BCUT2D eigenvalue weighted by Gasteiger charge is 2.49. The number of fused-ring (bicyclic) bond motifs is 4. The lowest BCUT2D eigenvalue weighted by Gasteiger charge is -2.49. The van der Waals surface area contributed by atoms with Gasteiger partial charge in [-0.3, -0.25) is 9.59 Å². The Labute approximate surface area is 296 Å². The summed E-state index contributed by atoms with van der Waals surface area (Å²) in [6.45, 7) is 10.0. The molecule has 0 unspecified atom stereocenters.